The Balaban J connectivity index is 1.67. The summed E-state index contributed by atoms with van der Waals surface area (Å²) in [7, 11) is 0. The zero-order valence-electron chi connectivity index (χ0n) is 15.7. The van der Waals surface area contributed by atoms with E-state index < -0.39 is 5.82 Å². The van der Waals surface area contributed by atoms with Crippen LogP contribution in [0.15, 0.2) is 48.5 Å². The van der Waals surface area contributed by atoms with Crippen molar-refractivity contribution >= 4 is 23.4 Å². The summed E-state index contributed by atoms with van der Waals surface area (Å²) in [5.74, 6) is -1.03. The van der Waals surface area contributed by atoms with Crippen molar-refractivity contribution < 1.29 is 18.8 Å². The van der Waals surface area contributed by atoms with Crippen molar-refractivity contribution in [1.82, 2.24) is 9.80 Å². The smallest absolute Gasteiger partial charge is 0.254 e. The molecule has 0 atom stereocenters. The molecule has 7 heteroatoms. The molecule has 0 saturated carbocycles. The van der Waals surface area contributed by atoms with Crippen molar-refractivity contribution in [3.63, 3.8) is 0 Å². The standard InChI is InChI=1S/C21H22FN3O3/c1-15(26)23-19-8-3-6-17(14-19)21(28)25-10-4-9-24(11-12-25)20(27)16-5-2-7-18(22)13-16/h2-3,5-8,13-14H,4,9-12H2,1H3,(H,23,26). The molecule has 0 aliphatic carbocycles. The summed E-state index contributed by atoms with van der Waals surface area (Å²) < 4.78 is 13.4. The summed E-state index contributed by atoms with van der Waals surface area (Å²) in [5, 5.41) is 2.67. The van der Waals surface area contributed by atoms with E-state index in [9.17, 15) is 18.8 Å². The summed E-state index contributed by atoms with van der Waals surface area (Å²) in [6.07, 6.45) is 0.637. The molecular formula is C21H22FN3O3. The largest absolute Gasteiger partial charge is 0.337 e. The highest BCUT2D eigenvalue weighted by atomic mass is 19.1. The van der Waals surface area contributed by atoms with Gasteiger partial charge in [-0.1, -0.05) is 12.1 Å². The molecule has 0 radical (unpaired) electrons. The molecule has 2 aromatic carbocycles. The summed E-state index contributed by atoms with van der Waals surface area (Å²) >= 11 is 0. The van der Waals surface area contributed by atoms with E-state index in [1.807, 2.05) is 0 Å². The average molecular weight is 383 g/mol. The minimum absolute atomic E-state index is 0.146. The number of benzene rings is 2. The number of hydrogen-bond donors (Lipinski definition) is 1. The van der Waals surface area contributed by atoms with Crippen molar-refractivity contribution in [1.29, 1.82) is 0 Å². The quantitative estimate of drug-likeness (QED) is 0.886. The molecule has 1 N–H and O–H groups in total. The van der Waals surface area contributed by atoms with Crippen LogP contribution in [0.2, 0.25) is 0 Å². The molecule has 1 fully saturated rings. The molecular weight excluding hydrogens is 361 g/mol. The van der Waals surface area contributed by atoms with Crippen LogP contribution in [0.1, 0.15) is 34.1 Å². The van der Waals surface area contributed by atoms with Crippen LogP contribution in [-0.2, 0) is 4.79 Å². The van der Waals surface area contributed by atoms with E-state index in [2.05, 4.69) is 5.32 Å². The maximum atomic E-state index is 13.4. The van der Waals surface area contributed by atoms with Gasteiger partial charge in [0.25, 0.3) is 11.8 Å². The van der Waals surface area contributed by atoms with Crippen LogP contribution in [-0.4, -0.2) is 53.7 Å². The Morgan fingerprint density at radius 3 is 2.00 bits per heavy atom. The SMILES string of the molecule is CC(=O)Nc1cccc(C(=O)N2CCCN(C(=O)c3cccc(F)c3)CC2)c1. The lowest BCUT2D eigenvalue weighted by Crippen LogP contribution is -2.37. The average Bonchev–Trinajstić information content (AvgIpc) is 2.93. The van der Waals surface area contributed by atoms with Crippen molar-refractivity contribution in [3.8, 4) is 0 Å². The van der Waals surface area contributed by atoms with Gasteiger partial charge in [-0.25, -0.2) is 4.39 Å². The molecule has 0 aromatic heterocycles. The highest BCUT2D eigenvalue weighted by Gasteiger charge is 2.24. The van der Waals surface area contributed by atoms with Gasteiger partial charge in [0.15, 0.2) is 0 Å². The molecule has 2 aromatic rings. The Labute approximate surface area is 162 Å². The molecule has 3 rings (SSSR count). The molecule has 1 aliphatic heterocycles. The molecule has 1 aliphatic rings. The van der Waals surface area contributed by atoms with Gasteiger partial charge in [0, 0.05) is 49.9 Å². The van der Waals surface area contributed by atoms with Gasteiger partial charge in [0.1, 0.15) is 5.82 Å². The number of carbonyl (C=O) groups excluding carboxylic acids is 3. The molecule has 28 heavy (non-hydrogen) atoms. The van der Waals surface area contributed by atoms with Crippen LogP contribution in [0.5, 0.6) is 0 Å². The Morgan fingerprint density at radius 1 is 0.857 bits per heavy atom. The van der Waals surface area contributed by atoms with Crippen LogP contribution < -0.4 is 5.32 Å². The third-order valence-electron chi connectivity index (χ3n) is 4.57. The maximum Gasteiger partial charge on any atom is 0.254 e. The molecule has 0 bridgehead atoms. The van der Waals surface area contributed by atoms with Crippen LogP contribution in [0.4, 0.5) is 10.1 Å². The van der Waals surface area contributed by atoms with Crippen LogP contribution in [0.25, 0.3) is 0 Å². The normalized spacial score (nSPS) is 14.4. The number of anilines is 1. The van der Waals surface area contributed by atoms with E-state index in [4.69, 9.17) is 0 Å². The van der Waals surface area contributed by atoms with E-state index in [-0.39, 0.29) is 17.7 Å². The van der Waals surface area contributed by atoms with Gasteiger partial charge < -0.3 is 15.1 Å². The van der Waals surface area contributed by atoms with Gasteiger partial charge in [-0.2, -0.15) is 0 Å². The number of nitrogens with one attached hydrogen (secondary N) is 1. The first-order chi connectivity index (χ1) is 13.4. The number of nitrogens with zero attached hydrogens (tertiary/aromatic N) is 2. The predicted molar refractivity (Wildman–Crippen MR) is 104 cm³/mol. The van der Waals surface area contributed by atoms with Crippen molar-refractivity contribution in [2.24, 2.45) is 0 Å². The van der Waals surface area contributed by atoms with Gasteiger partial charge in [-0.05, 0) is 42.8 Å². The Hall–Kier alpha value is -3.22. The second-order valence-corrected chi connectivity index (χ2v) is 6.71. The number of rotatable bonds is 3. The van der Waals surface area contributed by atoms with E-state index in [1.165, 1.54) is 25.1 Å². The first-order valence-corrected chi connectivity index (χ1v) is 9.16. The Bertz CT molecular complexity index is 900. The highest BCUT2D eigenvalue weighted by Crippen LogP contribution is 2.16. The van der Waals surface area contributed by atoms with Crippen LogP contribution in [0, 0.1) is 5.82 Å². The minimum atomic E-state index is -0.448. The summed E-state index contributed by atoms with van der Waals surface area (Å²) in [5.41, 5.74) is 1.36. The molecule has 6 nitrogen and oxygen atoms in total. The fourth-order valence-corrected chi connectivity index (χ4v) is 3.24. The fraction of sp³-hybridized carbons (Fsp3) is 0.286. The van der Waals surface area contributed by atoms with Crippen molar-refractivity contribution in [2.45, 2.75) is 13.3 Å². The lowest BCUT2D eigenvalue weighted by Gasteiger charge is -2.22. The molecule has 1 heterocycles. The zero-order chi connectivity index (χ0) is 20.1. The van der Waals surface area contributed by atoms with Crippen molar-refractivity contribution in [3.05, 3.63) is 65.5 Å². The lowest BCUT2D eigenvalue weighted by atomic mass is 10.1. The number of hydrogen-bond acceptors (Lipinski definition) is 3. The van der Waals surface area contributed by atoms with Crippen LogP contribution in [0.3, 0.4) is 0 Å². The van der Waals surface area contributed by atoms with Gasteiger partial charge in [0.2, 0.25) is 5.91 Å². The third kappa shape index (κ3) is 4.73. The maximum absolute atomic E-state index is 13.4. The molecule has 146 valence electrons. The molecule has 0 unspecified atom stereocenters. The first kappa shape index (κ1) is 19.5. The molecule has 1 saturated heterocycles. The topological polar surface area (TPSA) is 69.7 Å². The second kappa shape index (κ2) is 8.65. The van der Waals surface area contributed by atoms with Crippen LogP contribution >= 0.6 is 0 Å². The summed E-state index contributed by atoms with van der Waals surface area (Å²) in [4.78, 5) is 40.0. The third-order valence-corrected chi connectivity index (χ3v) is 4.57. The number of carbonyl (C=O) groups is 3. The van der Waals surface area contributed by atoms with E-state index in [1.54, 1.807) is 40.1 Å². The number of halogens is 1. The minimum Gasteiger partial charge on any atom is -0.337 e. The van der Waals surface area contributed by atoms with Gasteiger partial charge >= 0.3 is 0 Å². The van der Waals surface area contributed by atoms with Gasteiger partial charge in [-0.3, -0.25) is 14.4 Å². The predicted octanol–water partition coefficient (Wildman–Crippen LogP) is 2.77. The first-order valence-electron chi connectivity index (χ1n) is 9.16. The van der Waals surface area contributed by atoms with E-state index in [0.717, 1.165) is 0 Å². The zero-order valence-corrected chi connectivity index (χ0v) is 15.7. The Morgan fingerprint density at radius 2 is 1.43 bits per heavy atom. The lowest BCUT2D eigenvalue weighted by molar-refractivity contribution is -0.114. The Kier molecular flexibility index (Phi) is 6.03. The van der Waals surface area contributed by atoms with Gasteiger partial charge in [0.05, 0.1) is 0 Å². The molecule has 3 amide bonds. The molecule has 0 spiro atoms. The fourth-order valence-electron chi connectivity index (χ4n) is 3.24. The van der Waals surface area contributed by atoms with Gasteiger partial charge in [-0.15, -0.1) is 0 Å². The van der Waals surface area contributed by atoms with E-state index in [0.29, 0.717) is 49.4 Å². The van der Waals surface area contributed by atoms with Crippen molar-refractivity contribution in [2.75, 3.05) is 31.5 Å². The summed E-state index contributed by atoms with van der Waals surface area (Å²) in [6.45, 7) is 3.21. The summed E-state index contributed by atoms with van der Waals surface area (Å²) in [6, 6.07) is 12.4. The second-order valence-electron chi connectivity index (χ2n) is 6.71. The highest BCUT2D eigenvalue weighted by molar-refractivity contribution is 5.97. The monoisotopic (exact) mass is 383 g/mol. The van der Waals surface area contributed by atoms with E-state index >= 15 is 0 Å². The number of amides is 3.